The maximum Gasteiger partial charge on any atom is 0.253 e. The van der Waals surface area contributed by atoms with Crippen molar-refractivity contribution < 1.29 is 19.1 Å². The zero-order chi connectivity index (χ0) is 20.2. The summed E-state index contributed by atoms with van der Waals surface area (Å²) in [5, 5.41) is 5.84. The van der Waals surface area contributed by atoms with Gasteiger partial charge in [-0.25, -0.2) is 0 Å². The van der Waals surface area contributed by atoms with E-state index < -0.39 is 0 Å². The summed E-state index contributed by atoms with van der Waals surface area (Å²) in [4.78, 5) is 25.5. The first-order valence-electron chi connectivity index (χ1n) is 9.92. The van der Waals surface area contributed by atoms with Crippen molar-refractivity contribution in [3.63, 3.8) is 0 Å². The molecule has 1 fully saturated rings. The molecule has 2 atom stereocenters. The van der Waals surface area contributed by atoms with Gasteiger partial charge in [-0.2, -0.15) is 0 Å². The van der Waals surface area contributed by atoms with Crippen molar-refractivity contribution in [2.24, 2.45) is 17.6 Å². The van der Waals surface area contributed by atoms with Crippen LogP contribution in [0.1, 0.15) is 35.2 Å². The first-order chi connectivity index (χ1) is 14.2. The molecule has 160 valence electrons. The van der Waals surface area contributed by atoms with Gasteiger partial charge in [0, 0.05) is 12.5 Å². The largest absolute Gasteiger partial charge is 0.454 e. The quantitative estimate of drug-likeness (QED) is 0.652. The van der Waals surface area contributed by atoms with Crippen LogP contribution in [0.15, 0.2) is 42.5 Å². The molecular formula is C22H26ClN3O4. The van der Waals surface area contributed by atoms with Crippen molar-refractivity contribution in [3.8, 4) is 11.5 Å². The Labute approximate surface area is 181 Å². The van der Waals surface area contributed by atoms with Gasteiger partial charge in [-0.3, -0.25) is 9.59 Å². The fourth-order valence-electron chi connectivity index (χ4n) is 4.01. The molecule has 1 aliphatic carbocycles. The SMILES string of the molecule is Cl.NC[C@H]1CCC[C@H]1C(=O)Nc1ccccc1C(=O)NCc1ccc2c(c1)OCO2. The second-order valence-electron chi connectivity index (χ2n) is 7.44. The van der Waals surface area contributed by atoms with Crippen LogP contribution in [0.4, 0.5) is 5.69 Å². The summed E-state index contributed by atoms with van der Waals surface area (Å²) in [7, 11) is 0. The summed E-state index contributed by atoms with van der Waals surface area (Å²) in [6.07, 6.45) is 2.83. The van der Waals surface area contributed by atoms with E-state index in [1.54, 1.807) is 24.3 Å². The van der Waals surface area contributed by atoms with E-state index in [1.807, 2.05) is 18.2 Å². The number of amides is 2. The van der Waals surface area contributed by atoms with Crippen molar-refractivity contribution in [3.05, 3.63) is 53.6 Å². The molecule has 1 aliphatic heterocycles. The highest BCUT2D eigenvalue weighted by atomic mass is 35.5. The van der Waals surface area contributed by atoms with E-state index in [0.29, 0.717) is 35.8 Å². The van der Waals surface area contributed by atoms with E-state index in [4.69, 9.17) is 15.2 Å². The molecule has 7 nitrogen and oxygen atoms in total. The van der Waals surface area contributed by atoms with Gasteiger partial charge in [0.2, 0.25) is 12.7 Å². The molecule has 0 spiro atoms. The van der Waals surface area contributed by atoms with E-state index in [0.717, 1.165) is 24.8 Å². The zero-order valence-electron chi connectivity index (χ0n) is 16.6. The van der Waals surface area contributed by atoms with Crippen molar-refractivity contribution in [1.82, 2.24) is 5.32 Å². The number of rotatable bonds is 6. The van der Waals surface area contributed by atoms with Crippen molar-refractivity contribution in [2.45, 2.75) is 25.8 Å². The Morgan fingerprint density at radius 1 is 1.07 bits per heavy atom. The summed E-state index contributed by atoms with van der Waals surface area (Å²) in [5.74, 6) is 1.19. The minimum Gasteiger partial charge on any atom is -0.454 e. The Hall–Kier alpha value is -2.77. The second-order valence-corrected chi connectivity index (χ2v) is 7.44. The molecule has 8 heteroatoms. The molecule has 1 saturated carbocycles. The normalized spacial score (nSPS) is 19.1. The van der Waals surface area contributed by atoms with Gasteiger partial charge in [-0.05, 0) is 55.1 Å². The molecule has 0 bridgehead atoms. The number of ether oxygens (including phenoxy) is 2. The van der Waals surface area contributed by atoms with E-state index in [9.17, 15) is 9.59 Å². The summed E-state index contributed by atoms with van der Waals surface area (Å²) in [6, 6.07) is 12.6. The van der Waals surface area contributed by atoms with Gasteiger partial charge < -0.3 is 25.8 Å². The van der Waals surface area contributed by atoms with E-state index in [-0.39, 0.29) is 42.9 Å². The summed E-state index contributed by atoms with van der Waals surface area (Å²) in [5.41, 5.74) is 7.66. The zero-order valence-corrected chi connectivity index (χ0v) is 17.4. The van der Waals surface area contributed by atoms with Crippen molar-refractivity contribution in [2.75, 3.05) is 18.7 Å². The minimum atomic E-state index is -0.250. The molecule has 30 heavy (non-hydrogen) atoms. The van der Waals surface area contributed by atoms with Crippen LogP contribution in [-0.4, -0.2) is 25.2 Å². The van der Waals surface area contributed by atoms with Gasteiger partial charge in [-0.1, -0.05) is 24.6 Å². The average Bonchev–Trinajstić information content (AvgIpc) is 3.41. The monoisotopic (exact) mass is 431 g/mol. The van der Waals surface area contributed by atoms with Crippen LogP contribution >= 0.6 is 12.4 Å². The van der Waals surface area contributed by atoms with Gasteiger partial charge in [-0.15, -0.1) is 12.4 Å². The molecule has 0 aromatic heterocycles. The molecule has 0 saturated heterocycles. The van der Waals surface area contributed by atoms with Crippen molar-refractivity contribution in [1.29, 1.82) is 0 Å². The molecule has 2 aromatic rings. The molecule has 2 aromatic carbocycles. The lowest BCUT2D eigenvalue weighted by Gasteiger charge is -2.18. The standard InChI is InChI=1S/C22H25N3O4.ClH/c23-11-15-4-3-6-16(15)22(27)25-18-7-2-1-5-17(18)21(26)24-12-14-8-9-19-20(10-14)29-13-28-19;/h1-2,5,7-10,15-16H,3-4,6,11-13,23H2,(H,24,26)(H,25,27);1H/t15-,16-;/m1./s1. The topological polar surface area (TPSA) is 103 Å². The first kappa shape index (κ1) is 21.9. The smallest absolute Gasteiger partial charge is 0.253 e. The maximum absolute atomic E-state index is 12.8. The molecular weight excluding hydrogens is 406 g/mol. The van der Waals surface area contributed by atoms with Crippen LogP contribution in [0.25, 0.3) is 0 Å². The Kier molecular flexibility index (Phi) is 7.18. The number of hydrogen-bond acceptors (Lipinski definition) is 5. The summed E-state index contributed by atoms with van der Waals surface area (Å²) in [6.45, 7) is 1.07. The third-order valence-electron chi connectivity index (χ3n) is 5.62. The number of nitrogens with two attached hydrogens (primary N) is 1. The number of hydrogen-bond donors (Lipinski definition) is 3. The number of carbonyl (C=O) groups excluding carboxylic acids is 2. The van der Waals surface area contributed by atoms with Gasteiger partial charge >= 0.3 is 0 Å². The lowest BCUT2D eigenvalue weighted by Crippen LogP contribution is -2.31. The molecule has 1 heterocycles. The predicted molar refractivity (Wildman–Crippen MR) is 116 cm³/mol. The Balaban J connectivity index is 0.00000256. The molecule has 4 N–H and O–H groups in total. The molecule has 2 aliphatic rings. The third kappa shape index (κ3) is 4.68. The fraction of sp³-hybridized carbons (Fsp3) is 0.364. The number of para-hydroxylation sites is 1. The lowest BCUT2D eigenvalue weighted by molar-refractivity contribution is -0.120. The van der Waals surface area contributed by atoms with E-state index >= 15 is 0 Å². The van der Waals surface area contributed by atoms with Crippen LogP contribution in [0.3, 0.4) is 0 Å². The number of carbonyl (C=O) groups is 2. The van der Waals surface area contributed by atoms with Crippen LogP contribution in [0, 0.1) is 11.8 Å². The van der Waals surface area contributed by atoms with Gasteiger partial charge in [0.25, 0.3) is 5.91 Å². The highest BCUT2D eigenvalue weighted by Gasteiger charge is 2.32. The van der Waals surface area contributed by atoms with Gasteiger partial charge in [0.05, 0.1) is 11.3 Å². The number of nitrogens with one attached hydrogen (secondary N) is 2. The molecule has 0 radical (unpaired) electrons. The van der Waals surface area contributed by atoms with Crippen LogP contribution in [0.2, 0.25) is 0 Å². The fourth-order valence-corrected chi connectivity index (χ4v) is 4.01. The predicted octanol–water partition coefficient (Wildman–Crippen LogP) is 3.08. The Morgan fingerprint density at radius 2 is 1.87 bits per heavy atom. The van der Waals surface area contributed by atoms with Crippen molar-refractivity contribution >= 4 is 29.9 Å². The number of fused-ring (bicyclic) bond motifs is 1. The highest BCUT2D eigenvalue weighted by Crippen LogP contribution is 2.33. The van der Waals surface area contributed by atoms with Crippen LogP contribution in [-0.2, 0) is 11.3 Å². The van der Waals surface area contributed by atoms with Gasteiger partial charge in [0.15, 0.2) is 11.5 Å². The molecule has 2 amide bonds. The van der Waals surface area contributed by atoms with E-state index in [2.05, 4.69) is 10.6 Å². The average molecular weight is 432 g/mol. The Morgan fingerprint density at radius 3 is 2.70 bits per heavy atom. The summed E-state index contributed by atoms with van der Waals surface area (Å²) < 4.78 is 10.7. The maximum atomic E-state index is 12.8. The van der Waals surface area contributed by atoms with E-state index in [1.165, 1.54) is 0 Å². The second kappa shape index (κ2) is 9.82. The van der Waals surface area contributed by atoms with Gasteiger partial charge in [0.1, 0.15) is 0 Å². The number of halogens is 1. The highest BCUT2D eigenvalue weighted by molar-refractivity contribution is 6.04. The third-order valence-corrected chi connectivity index (χ3v) is 5.62. The minimum absolute atomic E-state index is 0. The molecule has 4 rings (SSSR count). The van der Waals surface area contributed by atoms with Crippen LogP contribution < -0.4 is 25.8 Å². The lowest BCUT2D eigenvalue weighted by atomic mass is 9.95. The first-order valence-corrected chi connectivity index (χ1v) is 9.92. The number of anilines is 1. The van der Waals surface area contributed by atoms with Crippen LogP contribution in [0.5, 0.6) is 11.5 Å². The molecule has 0 unspecified atom stereocenters. The number of benzene rings is 2. The Bertz CT molecular complexity index is 921. The summed E-state index contributed by atoms with van der Waals surface area (Å²) >= 11 is 0.